The van der Waals surface area contributed by atoms with Crippen LogP contribution in [-0.2, 0) is 24.9 Å². The molecule has 0 bridgehead atoms. The van der Waals surface area contributed by atoms with Gasteiger partial charge in [-0.25, -0.2) is 4.98 Å². The number of aliphatic hydroxyl groups is 1. The Balaban J connectivity index is 1.63. The maximum atomic E-state index is 10.5. The highest BCUT2D eigenvalue weighted by Gasteiger charge is 2.23. The van der Waals surface area contributed by atoms with Crippen molar-refractivity contribution in [3.63, 3.8) is 0 Å². The lowest BCUT2D eigenvalue weighted by Gasteiger charge is -2.27. The van der Waals surface area contributed by atoms with Crippen molar-refractivity contribution in [1.29, 1.82) is 0 Å². The summed E-state index contributed by atoms with van der Waals surface area (Å²) >= 11 is 0. The topological polar surface area (TPSA) is 68.3 Å². The highest BCUT2D eigenvalue weighted by Crippen LogP contribution is 2.22. The second-order valence-electron chi connectivity index (χ2n) is 5.97. The second kappa shape index (κ2) is 7.25. The summed E-state index contributed by atoms with van der Waals surface area (Å²) in [5.41, 5.74) is 1.80. The lowest BCUT2D eigenvalue weighted by atomic mass is 10.2. The van der Waals surface area contributed by atoms with Gasteiger partial charge in [0.15, 0.2) is 6.10 Å². The molecular formula is C16H25N5O2. The number of aliphatic hydroxyl groups excluding tert-OH is 1. The molecule has 3 heterocycles. The minimum absolute atomic E-state index is 0.616. The normalized spacial score (nSPS) is 16.5. The summed E-state index contributed by atoms with van der Waals surface area (Å²) < 4.78 is 9.37. The highest BCUT2D eigenvalue weighted by atomic mass is 16.5. The van der Waals surface area contributed by atoms with Gasteiger partial charge in [-0.15, -0.1) is 0 Å². The molecule has 1 atom stereocenters. The first-order valence-electron chi connectivity index (χ1n) is 8.21. The van der Waals surface area contributed by atoms with E-state index in [9.17, 15) is 5.11 Å². The van der Waals surface area contributed by atoms with Crippen LogP contribution in [0.15, 0.2) is 18.5 Å². The van der Waals surface area contributed by atoms with Gasteiger partial charge in [0.1, 0.15) is 5.82 Å². The van der Waals surface area contributed by atoms with Crippen LogP contribution in [-0.4, -0.2) is 55.6 Å². The summed E-state index contributed by atoms with van der Waals surface area (Å²) in [6.45, 7) is 7.29. The van der Waals surface area contributed by atoms with Gasteiger partial charge in [-0.3, -0.25) is 9.58 Å². The molecule has 0 amide bonds. The van der Waals surface area contributed by atoms with Crippen LogP contribution in [0.4, 0.5) is 0 Å². The fraction of sp³-hybridized carbons (Fsp3) is 0.625. The van der Waals surface area contributed by atoms with Crippen LogP contribution in [0.5, 0.6) is 0 Å². The van der Waals surface area contributed by atoms with Crippen molar-refractivity contribution in [1.82, 2.24) is 24.2 Å². The number of aryl methyl sites for hydroxylation is 1. The Labute approximate surface area is 136 Å². The number of fused-ring (bicyclic) bond motifs is 1. The highest BCUT2D eigenvalue weighted by molar-refractivity contribution is 5.19. The van der Waals surface area contributed by atoms with E-state index in [0.717, 1.165) is 51.5 Å². The first-order chi connectivity index (χ1) is 11.2. The molecule has 2 aromatic heterocycles. The van der Waals surface area contributed by atoms with Gasteiger partial charge in [0.05, 0.1) is 24.5 Å². The second-order valence-corrected chi connectivity index (χ2v) is 5.97. The van der Waals surface area contributed by atoms with Crippen molar-refractivity contribution in [2.24, 2.45) is 7.05 Å². The number of ether oxygens (including phenoxy) is 1. The SMILES string of the molecule is CCCOCCN1CCn2nc(C(O)c3nccn3C)cc2C1. The molecule has 1 unspecified atom stereocenters. The van der Waals surface area contributed by atoms with Crippen LogP contribution >= 0.6 is 0 Å². The molecule has 0 aromatic carbocycles. The van der Waals surface area contributed by atoms with Crippen molar-refractivity contribution >= 4 is 0 Å². The molecule has 1 aliphatic heterocycles. The maximum Gasteiger partial charge on any atom is 0.155 e. The number of imidazole rings is 1. The van der Waals surface area contributed by atoms with Gasteiger partial charge in [-0.2, -0.15) is 5.10 Å². The molecule has 0 spiro atoms. The number of aromatic nitrogens is 4. The zero-order valence-corrected chi connectivity index (χ0v) is 13.9. The number of rotatable bonds is 7. The summed E-state index contributed by atoms with van der Waals surface area (Å²) in [5.74, 6) is 0.616. The van der Waals surface area contributed by atoms with Gasteiger partial charge >= 0.3 is 0 Å². The van der Waals surface area contributed by atoms with E-state index in [1.54, 1.807) is 6.20 Å². The van der Waals surface area contributed by atoms with Gasteiger partial charge < -0.3 is 14.4 Å². The first-order valence-corrected chi connectivity index (χ1v) is 8.21. The molecular weight excluding hydrogens is 294 g/mol. The molecule has 0 radical (unpaired) electrons. The molecule has 3 rings (SSSR count). The fourth-order valence-corrected chi connectivity index (χ4v) is 2.88. The van der Waals surface area contributed by atoms with E-state index in [-0.39, 0.29) is 0 Å². The zero-order valence-electron chi connectivity index (χ0n) is 13.9. The van der Waals surface area contributed by atoms with Gasteiger partial charge in [0, 0.05) is 45.7 Å². The summed E-state index contributed by atoms with van der Waals surface area (Å²) in [7, 11) is 1.87. The number of hydrogen-bond acceptors (Lipinski definition) is 5. The van der Waals surface area contributed by atoms with E-state index in [1.807, 2.05) is 28.6 Å². The van der Waals surface area contributed by atoms with Crippen molar-refractivity contribution < 1.29 is 9.84 Å². The predicted octanol–water partition coefficient (Wildman–Crippen LogP) is 0.940. The molecule has 7 heteroatoms. The Morgan fingerprint density at radius 3 is 2.96 bits per heavy atom. The third kappa shape index (κ3) is 3.63. The van der Waals surface area contributed by atoms with Crippen LogP contribution in [0.25, 0.3) is 0 Å². The summed E-state index contributed by atoms with van der Waals surface area (Å²) in [5, 5.41) is 15.0. The third-order valence-corrected chi connectivity index (χ3v) is 4.18. The van der Waals surface area contributed by atoms with Crippen LogP contribution in [0.2, 0.25) is 0 Å². The Morgan fingerprint density at radius 1 is 1.35 bits per heavy atom. The van der Waals surface area contributed by atoms with E-state index in [4.69, 9.17) is 4.74 Å². The van der Waals surface area contributed by atoms with E-state index in [0.29, 0.717) is 11.5 Å². The zero-order chi connectivity index (χ0) is 16.2. The quantitative estimate of drug-likeness (QED) is 0.769. The molecule has 2 aromatic rings. The maximum absolute atomic E-state index is 10.5. The molecule has 1 aliphatic rings. The average molecular weight is 319 g/mol. The molecule has 7 nitrogen and oxygen atoms in total. The number of hydrogen-bond donors (Lipinski definition) is 1. The molecule has 126 valence electrons. The Hall–Kier alpha value is -1.70. The van der Waals surface area contributed by atoms with Gasteiger partial charge in [0.2, 0.25) is 0 Å². The molecule has 23 heavy (non-hydrogen) atoms. The summed E-state index contributed by atoms with van der Waals surface area (Å²) in [6, 6.07) is 1.98. The first kappa shape index (κ1) is 16.2. The summed E-state index contributed by atoms with van der Waals surface area (Å²) in [4.78, 5) is 6.57. The van der Waals surface area contributed by atoms with Crippen LogP contribution in [0, 0.1) is 0 Å². The Morgan fingerprint density at radius 2 is 2.22 bits per heavy atom. The molecule has 0 aliphatic carbocycles. The smallest absolute Gasteiger partial charge is 0.155 e. The fourth-order valence-electron chi connectivity index (χ4n) is 2.88. The average Bonchev–Trinajstić information content (AvgIpc) is 3.16. The van der Waals surface area contributed by atoms with Crippen molar-refractivity contribution in [2.75, 3.05) is 26.3 Å². The molecule has 0 saturated heterocycles. The minimum Gasteiger partial charge on any atom is -0.380 e. The molecule has 0 saturated carbocycles. The molecule has 1 N–H and O–H groups in total. The van der Waals surface area contributed by atoms with Gasteiger partial charge in [0.25, 0.3) is 0 Å². The van der Waals surface area contributed by atoms with Crippen LogP contribution < -0.4 is 0 Å². The van der Waals surface area contributed by atoms with Crippen LogP contribution in [0.1, 0.15) is 36.7 Å². The van der Waals surface area contributed by atoms with E-state index in [2.05, 4.69) is 21.9 Å². The standard InChI is InChI=1S/C16H25N5O2/c1-3-9-23-10-8-20-6-7-21-13(12-20)11-14(18-21)15(22)16-17-4-5-19(16)2/h4-5,11,15,22H,3,6-10,12H2,1-2H3. The van der Waals surface area contributed by atoms with Crippen LogP contribution in [0.3, 0.4) is 0 Å². The minimum atomic E-state index is -0.783. The van der Waals surface area contributed by atoms with Crippen molar-refractivity contribution in [2.45, 2.75) is 32.5 Å². The summed E-state index contributed by atoms with van der Waals surface area (Å²) in [6.07, 6.45) is 3.79. The van der Waals surface area contributed by atoms with E-state index >= 15 is 0 Å². The lowest BCUT2D eigenvalue weighted by Crippen LogP contribution is -2.36. The van der Waals surface area contributed by atoms with Crippen molar-refractivity contribution in [3.05, 3.63) is 35.7 Å². The van der Waals surface area contributed by atoms with Crippen molar-refractivity contribution in [3.8, 4) is 0 Å². The predicted molar refractivity (Wildman–Crippen MR) is 85.9 cm³/mol. The lowest BCUT2D eigenvalue weighted by molar-refractivity contribution is 0.0930. The van der Waals surface area contributed by atoms with E-state index < -0.39 is 6.10 Å². The molecule has 0 fully saturated rings. The monoisotopic (exact) mass is 319 g/mol. The number of nitrogens with zero attached hydrogens (tertiary/aromatic N) is 5. The van der Waals surface area contributed by atoms with E-state index in [1.165, 1.54) is 0 Å². The van der Waals surface area contributed by atoms with Gasteiger partial charge in [-0.05, 0) is 12.5 Å². The van der Waals surface area contributed by atoms with Gasteiger partial charge in [-0.1, -0.05) is 6.92 Å². The Bertz CT molecular complexity index is 636. The Kier molecular flexibility index (Phi) is 5.09. The third-order valence-electron chi connectivity index (χ3n) is 4.18. The largest absolute Gasteiger partial charge is 0.380 e.